The molecule has 0 heterocycles. The molecule has 8 atom stereocenters. The molecule has 4 saturated carbocycles. The molecule has 3 heteroatoms. The lowest BCUT2D eigenvalue weighted by Gasteiger charge is -2.65. The van der Waals surface area contributed by atoms with Crippen LogP contribution in [0.5, 0.6) is 0 Å². The molecular formula is C20H31BrO2. The Morgan fingerprint density at radius 1 is 1.13 bits per heavy atom. The van der Waals surface area contributed by atoms with Crippen LogP contribution >= 0.6 is 15.9 Å². The minimum Gasteiger partial charge on any atom is -0.392 e. The molecule has 0 radical (unpaired) electrons. The third-order valence-electron chi connectivity index (χ3n) is 8.74. The largest absolute Gasteiger partial charge is 0.392 e. The fourth-order valence-electron chi connectivity index (χ4n) is 7.23. The van der Waals surface area contributed by atoms with Crippen LogP contribution in [0.25, 0.3) is 0 Å². The SMILES string of the molecule is C[C@H]1CC[C@]2(C)C3CC[C@]4(C)C(=O)CCC4C3C[C@@H](O)[C@@]2(Br)C1. The van der Waals surface area contributed by atoms with Crippen molar-refractivity contribution in [2.24, 2.45) is 34.5 Å². The van der Waals surface area contributed by atoms with Crippen molar-refractivity contribution in [2.75, 3.05) is 0 Å². The van der Waals surface area contributed by atoms with Crippen LogP contribution in [0, 0.1) is 34.5 Å². The van der Waals surface area contributed by atoms with E-state index in [9.17, 15) is 9.90 Å². The minimum absolute atomic E-state index is 0.0917. The van der Waals surface area contributed by atoms with E-state index in [-0.39, 0.29) is 21.3 Å². The molecular weight excluding hydrogens is 352 g/mol. The number of hydrogen-bond donors (Lipinski definition) is 1. The maximum absolute atomic E-state index is 12.5. The summed E-state index contributed by atoms with van der Waals surface area (Å²) in [6, 6.07) is 0. The summed E-state index contributed by atoms with van der Waals surface area (Å²) < 4.78 is -0.116. The van der Waals surface area contributed by atoms with Crippen molar-refractivity contribution in [3.05, 3.63) is 0 Å². The summed E-state index contributed by atoms with van der Waals surface area (Å²) >= 11 is 4.08. The van der Waals surface area contributed by atoms with Gasteiger partial charge in [-0.1, -0.05) is 43.1 Å². The quantitative estimate of drug-likeness (QED) is 0.615. The number of aliphatic hydroxyl groups is 1. The molecule has 4 aliphatic carbocycles. The highest BCUT2D eigenvalue weighted by Crippen LogP contribution is 2.69. The normalized spacial score (nSPS) is 59.2. The van der Waals surface area contributed by atoms with E-state index < -0.39 is 0 Å². The third kappa shape index (κ3) is 1.99. The zero-order chi connectivity index (χ0) is 16.6. The maximum atomic E-state index is 12.5. The van der Waals surface area contributed by atoms with Crippen molar-refractivity contribution in [2.45, 2.75) is 82.6 Å². The van der Waals surface area contributed by atoms with Crippen molar-refractivity contribution in [3.63, 3.8) is 0 Å². The van der Waals surface area contributed by atoms with Crippen LogP contribution in [0.1, 0.15) is 72.1 Å². The van der Waals surface area contributed by atoms with E-state index in [1.54, 1.807) is 0 Å². The first-order chi connectivity index (χ1) is 10.7. The summed E-state index contributed by atoms with van der Waals surface area (Å²) in [6.07, 6.45) is 8.29. The second-order valence-corrected chi connectivity index (χ2v) is 11.1. The van der Waals surface area contributed by atoms with Gasteiger partial charge in [0.2, 0.25) is 0 Å². The molecule has 0 spiro atoms. The van der Waals surface area contributed by atoms with Crippen molar-refractivity contribution < 1.29 is 9.90 Å². The number of Topliss-reactive ketones (excluding diaryl/α,β-unsaturated/α-hetero) is 1. The highest BCUT2D eigenvalue weighted by atomic mass is 79.9. The van der Waals surface area contributed by atoms with Gasteiger partial charge in [-0.15, -0.1) is 0 Å². The summed E-state index contributed by atoms with van der Waals surface area (Å²) in [6.45, 7) is 6.99. The molecule has 4 rings (SSSR count). The van der Waals surface area contributed by atoms with Crippen molar-refractivity contribution in [1.29, 1.82) is 0 Å². The molecule has 1 N–H and O–H groups in total. The number of alkyl halides is 1. The lowest BCUT2D eigenvalue weighted by molar-refractivity contribution is -0.151. The van der Waals surface area contributed by atoms with Gasteiger partial charge in [0, 0.05) is 11.8 Å². The smallest absolute Gasteiger partial charge is 0.139 e. The molecule has 130 valence electrons. The number of ketones is 1. The lowest BCUT2D eigenvalue weighted by Crippen LogP contribution is -2.65. The molecule has 0 bridgehead atoms. The predicted molar refractivity (Wildman–Crippen MR) is 95.5 cm³/mol. The van der Waals surface area contributed by atoms with E-state index >= 15 is 0 Å². The van der Waals surface area contributed by atoms with Gasteiger partial charge in [-0.2, -0.15) is 0 Å². The number of rotatable bonds is 0. The van der Waals surface area contributed by atoms with Crippen LogP contribution in [0.4, 0.5) is 0 Å². The van der Waals surface area contributed by atoms with Crippen molar-refractivity contribution >= 4 is 21.7 Å². The van der Waals surface area contributed by atoms with Crippen LogP contribution < -0.4 is 0 Å². The molecule has 0 amide bonds. The Bertz CT molecular complexity index is 534. The van der Waals surface area contributed by atoms with Crippen molar-refractivity contribution in [1.82, 2.24) is 0 Å². The predicted octanol–water partition coefficient (Wildman–Crippen LogP) is 4.72. The second-order valence-electron chi connectivity index (χ2n) is 9.67. The Morgan fingerprint density at radius 2 is 1.87 bits per heavy atom. The highest BCUT2D eigenvalue weighted by Gasteiger charge is 2.66. The van der Waals surface area contributed by atoms with Crippen LogP contribution in [-0.2, 0) is 4.79 Å². The summed E-state index contributed by atoms with van der Waals surface area (Å²) in [5.41, 5.74) is 0.0837. The zero-order valence-corrected chi connectivity index (χ0v) is 16.4. The minimum atomic E-state index is -0.269. The summed E-state index contributed by atoms with van der Waals surface area (Å²) in [7, 11) is 0. The third-order valence-corrected chi connectivity index (χ3v) is 10.5. The molecule has 0 aromatic rings. The zero-order valence-electron chi connectivity index (χ0n) is 14.8. The van der Waals surface area contributed by atoms with Gasteiger partial charge in [-0.25, -0.2) is 0 Å². The Labute approximate surface area is 148 Å². The average molecular weight is 383 g/mol. The number of hydrogen-bond acceptors (Lipinski definition) is 2. The molecule has 2 nitrogen and oxygen atoms in total. The topological polar surface area (TPSA) is 37.3 Å². The highest BCUT2D eigenvalue weighted by molar-refractivity contribution is 9.10. The van der Waals surface area contributed by atoms with Gasteiger partial charge in [0.15, 0.2) is 0 Å². The van der Waals surface area contributed by atoms with Crippen LogP contribution in [-0.4, -0.2) is 21.3 Å². The number of carbonyl (C=O) groups excluding carboxylic acids is 1. The number of halogens is 1. The van der Waals surface area contributed by atoms with Gasteiger partial charge in [0.05, 0.1) is 10.4 Å². The van der Waals surface area contributed by atoms with E-state index in [0.29, 0.717) is 29.5 Å². The van der Waals surface area contributed by atoms with E-state index in [1.807, 2.05) is 0 Å². The summed E-state index contributed by atoms with van der Waals surface area (Å²) in [4.78, 5) is 12.5. The summed E-state index contributed by atoms with van der Waals surface area (Å²) in [5.74, 6) is 2.90. The van der Waals surface area contributed by atoms with Crippen LogP contribution in [0.2, 0.25) is 0 Å². The molecule has 0 aromatic carbocycles. The van der Waals surface area contributed by atoms with E-state index in [1.165, 1.54) is 19.3 Å². The van der Waals surface area contributed by atoms with E-state index in [0.717, 1.165) is 32.1 Å². The van der Waals surface area contributed by atoms with Crippen LogP contribution in [0.15, 0.2) is 0 Å². The fraction of sp³-hybridized carbons (Fsp3) is 0.950. The molecule has 0 saturated heterocycles. The molecule has 0 aliphatic heterocycles. The van der Waals surface area contributed by atoms with Crippen LogP contribution in [0.3, 0.4) is 0 Å². The van der Waals surface area contributed by atoms with Gasteiger partial charge in [0.1, 0.15) is 5.78 Å². The number of carbonyl (C=O) groups is 1. The molecule has 23 heavy (non-hydrogen) atoms. The van der Waals surface area contributed by atoms with Gasteiger partial charge >= 0.3 is 0 Å². The maximum Gasteiger partial charge on any atom is 0.139 e. The van der Waals surface area contributed by atoms with Gasteiger partial charge in [-0.3, -0.25) is 4.79 Å². The monoisotopic (exact) mass is 382 g/mol. The van der Waals surface area contributed by atoms with Gasteiger partial charge in [-0.05, 0) is 67.6 Å². The second kappa shape index (κ2) is 5.06. The average Bonchev–Trinajstić information content (AvgIpc) is 2.79. The molecule has 3 unspecified atom stereocenters. The Morgan fingerprint density at radius 3 is 2.61 bits per heavy atom. The van der Waals surface area contributed by atoms with Gasteiger partial charge < -0.3 is 5.11 Å². The number of aliphatic hydroxyl groups excluding tert-OH is 1. The van der Waals surface area contributed by atoms with Crippen molar-refractivity contribution in [3.8, 4) is 0 Å². The fourth-order valence-corrected chi connectivity index (χ4v) is 8.46. The lowest BCUT2D eigenvalue weighted by atomic mass is 9.44. The molecule has 4 fully saturated rings. The van der Waals surface area contributed by atoms with E-state index in [4.69, 9.17) is 0 Å². The first-order valence-electron chi connectivity index (χ1n) is 9.63. The Balaban J connectivity index is 1.72. The summed E-state index contributed by atoms with van der Waals surface area (Å²) in [5, 5.41) is 11.1. The number of fused-ring (bicyclic) bond motifs is 5. The standard InChI is InChI=1S/C20H31BrO2/c1-12-6-9-19(3)15-7-8-18(2)14(4-5-16(18)22)13(15)10-17(23)20(19,21)11-12/h12-15,17,23H,4-11H2,1-3H3/t12-,13?,14?,15?,17+,18-,19+,20-/m0/s1. The Kier molecular flexibility index (Phi) is 3.65. The first kappa shape index (κ1) is 16.6. The first-order valence-corrected chi connectivity index (χ1v) is 10.4. The molecule has 0 aromatic heterocycles. The Hall–Kier alpha value is 0.110. The van der Waals surface area contributed by atoms with Gasteiger partial charge in [0.25, 0.3) is 0 Å². The molecule has 4 aliphatic rings. The van der Waals surface area contributed by atoms with E-state index in [2.05, 4.69) is 36.7 Å².